The number of halogens is 4. The van der Waals surface area contributed by atoms with Gasteiger partial charge < -0.3 is 0 Å². The van der Waals surface area contributed by atoms with Gasteiger partial charge in [-0.1, -0.05) is 0 Å². The Labute approximate surface area is 204 Å². The zero-order chi connectivity index (χ0) is 25.0. The van der Waals surface area contributed by atoms with Crippen molar-refractivity contribution in [3.05, 3.63) is 114 Å². The molecule has 0 aromatic heterocycles. The van der Waals surface area contributed by atoms with E-state index < -0.39 is 59.5 Å². The van der Waals surface area contributed by atoms with Crippen LogP contribution in [0.1, 0.15) is 6.92 Å². The van der Waals surface area contributed by atoms with Crippen molar-refractivity contribution in [1.29, 1.82) is 0 Å². The maximum atomic E-state index is 14.9. The normalized spacial score (nSPS) is 11.2. The van der Waals surface area contributed by atoms with Crippen LogP contribution in [0.25, 0.3) is 0 Å². The summed E-state index contributed by atoms with van der Waals surface area (Å²) in [6, 6.07) is 26.4. The molecule has 4 rings (SSSR count). The van der Waals surface area contributed by atoms with E-state index in [1.165, 1.54) is 6.92 Å². The molecular weight excluding hydrogens is 655 g/mol. The summed E-state index contributed by atoms with van der Waals surface area (Å²) in [5, 5.41) is 0. The Hall–Kier alpha value is -3.21. The molecule has 0 aliphatic carbocycles. The van der Waals surface area contributed by atoms with E-state index in [0.29, 0.717) is 9.37 Å². The van der Waals surface area contributed by atoms with Gasteiger partial charge in [0.05, 0.1) is 0 Å². The van der Waals surface area contributed by atoms with Crippen molar-refractivity contribution in [2.75, 3.05) is 6.61 Å². The van der Waals surface area contributed by atoms with Crippen molar-refractivity contribution in [2.24, 2.45) is 0 Å². The average molecular weight is 676 g/mol. The van der Waals surface area contributed by atoms with Crippen molar-refractivity contribution in [3.63, 3.8) is 0 Å². The molecule has 0 saturated heterocycles. The molecule has 0 aliphatic heterocycles. The van der Waals surface area contributed by atoms with Crippen molar-refractivity contribution in [1.82, 2.24) is 0 Å². The standard InChI is InChI=1S/C9H5F4O3.3C6H5.Pb/c1-2-15-8-4(10)6(12)9(16-3-14)7(13)5(8)11;3*1-2-4-6-5-3-1;/h2H2,1H3;3*1-5H;. The van der Waals surface area contributed by atoms with Crippen LogP contribution in [0, 0.1) is 23.3 Å². The van der Waals surface area contributed by atoms with E-state index in [1.54, 1.807) is 91.0 Å². The molecule has 4 aromatic carbocycles. The van der Waals surface area contributed by atoms with Gasteiger partial charge in [-0.15, -0.1) is 0 Å². The van der Waals surface area contributed by atoms with E-state index in [1.807, 2.05) is 0 Å². The number of rotatable bonds is 7. The van der Waals surface area contributed by atoms with Gasteiger partial charge in [0.2, 0.25) is 0 Å². The molecule has 0 heterocycles. The summed E-state index contributed by atoms with van der Waals surface area (Å²) >= 11 is -5.04. The van der Waals surface area contributed by atoms with Crippen molar-refractivity contribution >= 4 is 34.1 Å². The van der Waals surface area contributed by atoms with Gasteiger partial charge in [-0.25, -0.2) is 0 Å². The molecule has 4 aromatic rings. The number of carbonyl (C=O) groups excluding carboxylic acids is 1. The van der Waals surface area contributed by atoms with Gasteiger partial charge >= 0.3 is 205 Å². The molecule has 8 heteroatoms. The molecule has 3 nitrogen and oxygen atoms in total. The minimum absolute atomic E-state index is 0.220. The Bertz CT molecular complexity index is 1210. The van der Waals surface area contributed by atoms with Crippen LogP contribution in [0.5, 0.6) is 11.5 Å². The topological polar surface area (TPSA) is 35.5 Å². The predicted molar refractivity (Wildman–Crippen MR) is 127 cm³/mol. The average Bonchev–Trinajstić information content (AvgIpc) is 2.90. The zero-order valence-electron chi connectivity index (χ0n) is 18.6. The summed E-state index contributed by atoms with van der Waals surface area (Å²) in [5.41, 5.74) is 0. The van der Waals surface area contributed by atoms with Gasteiger partial charge in [-0.2, -0.15) is 0 Å². The Morgan fingerprint density at radius 1 is 0.629 bits per heavy atom. The maximum absolute atomic E-state index is 14.9. The van der Waals surface area contributed by atoms with Gasteiger partial charge in [-0.3, -0.25) is 0 Å². The van der Waals surface area contributed by atoms with E-state index >= 15 is 0 Å². The van der Waals surface area contributed by atoms with Gasteiger partial charge in [0.15, 0.2) is 0 Å². The summed E-state index contributed by atoms with van der Waals surface area (Å²) in [5.74, 6) is -9.84. The number of hydrogen-bond acceptors (Lipinski definition) is 3. The van der Waals surface area contributed by atoms with Gasteiger partial charge in [-0.05, 0) is 0 Å². The molecule has 0 N–H and O–H groups in total. The Kier molecular flexibility index (Phi) is 7.54. The first-order chi connectivity index (χ1) is 16.9. The van der Waals surface area contributed by atoms with Gasteiger partial charge in [0, 0.05) is 0 Å². The molecule has 0 spiro atoms. The van der Waals surface area contributed by atoms with Crippen LogP contribution in [-0.4, -0.2) is 31.3 Å². The third-order valence-corrected chi connectivity index (χ3v) is 22.4. The van der Waals surface area contributed by atoms with E-state index in [0.717, 1.165) is 0 Å². The summed E-state index contributed by atoms with van der Waals surface area (Å²) < 4.78 is 69.8. The molecule has 0 saturated carbocycles. The fourth-order valence-corrected chi connectivity index (χ4v) is 19.7. The molecule has 0 atom stereocenters. The third-order valence-electron chi connectivity index (χ3n) is 5.59. The Balaban J connectivity index is 1.97. The summed E-state index contributed by atoms with van der Waals surface area (Å²) in [6.07, 6.45) is 0. The third kappa shape index (κ3) is 4.44. The van der Waals surface area contributed by atoms with Crippen LogP contribution in [-0.2, 0) is 0 Å². The Morgan fingerprint density at radius 3 is 1.31 bits per heavy atom. The number of carbonyl (C=O) groups is 1. The van der Waals surface area contributed by atoms with Crippen LogP contribution in [0.4, 0.5) is 22.4 Å². The van der Waals surface area contributed by atoms with Crippen LogP contribution in [0.15, 0.2) is 91.0 Å². The molecule has 35 heavy (non-hydrogen) atoms. The van der Waals surface area contributed by atoms with Crippen molar-refractivity contribution in [3.8, 4) is 11.5 Å². The number of benzene rings is 4. The van der Waals surface area contributed by atoms with E-state index in [-0.39, 0.29) is 6.61 Å². The fourth-order valence-electron chi connectivity index (χ4n) is 4.04. The van der Waals surface area contributed by atoms with E-state index in [2.05, 4.69) is 0 Å². The second kappa shape index (κ2) is 10.6. The minimum atomic E-state index is -5.04. The molecule has 0 radical (unpaired) electrons. The summed E-state index contributed by atoms with van der Waals surface area (Å²) in [7, 11) is 0. The monoisotopic (exact) mass is 676 g/mol. The number of ether oxygens (including phenoxy) is 2. The van der Waals surface area contributed by atoms with Crippen LogP contribution in [0.3, 0.4) is 0 Å². The molecule has 0 fully saturated rings. The number of hydrogen-bond donors (Lipinski definition) is 0. The Morgan fingerprint density at radius 2 is 0.971 bits per heavy atom. The fraction of sp³-hybridized carbons (Fsp3) is 0.0741. The first-order valence-corrected chi connectivity index (χ1v) is 18.6. The van der Waals surface area contributed by atoms with E-state index in [4.69, 9.17) is 9.47 Å². The predicted octanol–water partition coefficient (Wildman–Crippen LogP) is 4.89. The SMILES string of the molecule is CCOc1c(F)c(F)c(O[C](=O)[Pb]([c]2ccccc2)([c]2ccccc2)[c]2ccccc2)c(F)c1F. The molecular formula is C27H20F4O3Pb. The van der Waals surface area contributed by atoms with Crippen molar-refractivity contribution in [2.45, 2.75) is 6.92 Å². The molecule has 0 bridgehead atoms. The van der Waals surface area contributed by atoms with Crippen molar-refractivity contribution < 1.29 is 31.8 Å². The van der Waals surface area contributed by atoms with Crippen LogP contribution < -0.4 is 18.8 Å². The summed E-state index contributed by atoms with van der Waals surface area (Å²) in [4.78, 5) is 14.0. The molecule has 178 valence electrons. The quantitative estimate of drug-likeness (QED) is 0.159. The first kappa shape index (κ1) is 24.9. The van der Waals surface area contributed by atoms with Gasteiger partial charge in [0.25, 0.3) is 0 Å². The van der Waals surface area contributed by atoms with Crippen LogP contribution >= 0.6 is 0 Å². The summed E-state index contributed by atoms with van der Waals surface area (Å²) in [6.45, 7) is 1.19. The zero-order valence-corrected chi connectivity index (χ0v) is 22.5. The first-order valence-electron chi connectivity index (χ1n) is 10.8. The molecule has 0 aliphatic rings. The van der Waals surface area contributed by atoms with Crippen LogP contribution in [0.2, 0.25) is 0 Å². The van der Waals surface area contributed by atoms with Gasteiger partial charge in [0.1, 0.15) is 0 Å². The second-order valence-corrected chi connectivity index (χ2v) is 21.7. The molecule has 0 unspecified atom stereocenters. The molecule has 0 amide bonds. The second-order valence-electron chi connectivity index (χ2n) is 7.58. The van der Waals surface area contributed by atoms with E-state index in [9.17, 15) is 22.4 Å².